The molecule has 0 bridgehead atoms. The van der Waals surface area contributed by atoms with E-state index in [1.807, 2.05) is 18.2 Å². The van der Waals surface area contributed by atoms with Gasteiger partial charge in [-0.15, -0.1) is 0 Å². The van der Waals surface area contributed by atoms with E-state index >= 15 is 0 Å². The molecule has 1 aromatic carbocycles. The van der Waals surface area contributed by atoms with Crippen molar-refractivity contribution in [2.45, 2.75) is 19.9 Å². The topological polar surface area (TPSA) is 71.0 Å². The Hall–Kier alpha value is -3.28. The van der Waals surface area contributed by atoms with Crippen molar-refractivity contribution < 1.29 is 4.79 Å². The van der Waals surface area contributed by atoms with Crippen molar-refractivity contribution in [1.82, 2.24) is 19.9 Å². The van der Waals surface area contributed by atoms with Crippen LogP contribution in [-0.4, -0.2) is 39.4 Å². The third-order valence-electron chi connectivity index (χ3n) is 4.26. The average Bonchev–Trinajstić information content (AvgIpc) is 2.71. The lowest BCUT2D eigenvalue weighted by atomic mass is 10.1. The van der Waals surface area contributed by atoms with Crippen LogP contribution in [0.15, 0.2) is 61.2 Å². The number of anilines is 1. The van der Waals surface area contributed by atoms with E-state index < -0.39 is 0 Å². The Bertz CT molecular complexity index is 881. The Kier molecular flexibility index (Phi) is 6.10. The van der Waals surface area contributed by atoms with E-state index in [4.69, 9.17) is 0 Å². The molecule has 0 aliphatic carbocycles. The first-order chi connectivity index (χ1) is 13.1. The summed E-state index contributed by atoms with van der Waals surface area (Å²) >= 11 is 0. The molecule has 3 aromatic rings. The number of nitrogens with zero attached hydrogens (tertiary/aromatic N) is 4. The number of carbonyl (C=O) groups is 1. The number of likely N-dealkylation sites (N-methyl/N-ethyl adjacent to an activating group) is 1. The van der Waals surface area contributed by atoms with E-state index in [0.717, 1.165) is 17.5 Å². The lowest BCUT2D eigenvalue weighted by Gasteiger charge is -2.17. The molecule has 0 atom stereocenters. The molecule has 1 N–H and O–H groups in total. The fourth-order valence-electron chi connectivity index (χ4n) is 2.70. The highest BCUT2D eigenvalue weighted by atomic mass is 16.2. The summed E-state index contributed by atoms with van der Waals surface area (Å²) in [6.07, 6.45) is 7.43. The van der Waals surface area contributed by atoms with E-state index in [0.29, 0.717) is 24.6 Å². The van der Waals surface area contributed by atoms with Crippen molar-refractivity contribution in [3.05, 3.63) is 83.4 Å². The zero-order valence-electron chi connectivity index (χ0n) is 15.6. The molecule has 138 valence electrons. The predicted octanol–water partition coefficient (Wildman–Crippen LogP) is 3.11. The highest BCUT2D eigenvalue weighted by Gasteiger charge is 2.12. The average molecular weight is 361 g/mol. The smallest absolute Gasteiger partial charge is 0.256 e. The predicted molar refractivity (Wildman–Crippen MR) is 105 cm³/mol. The van der Waals surface area contributed by atoms with Crippen LogP contribution in [-0.2, 0) is 13.0 Å². The van der Waals surface area contributed by atoms with Crippen molar-refractivity contribution >= 4 is 11.9 Å². The van der Waals surface area contributed by atoms with Gasteiger partial charge in [-0.25, -0.2) is 9.97 Å². The molecule has 0 aliphatic rings. The molecule has 0 unspecified atom stereocenters. The van der Waals surface area contributed by atoms with Crippen LogP contribution in [0, 0.1) is 6.92 Å². The molecule has 0 radical (unpaired) electrons. The Morgan fingerprint density at radius 2 is 1.81 bits per heavy atom. The number of aromatic nitrogens is 3. The summed E-state index contributed by atoms with van der Waals surface area (Å²) in [6, 6.07) is 12.2. The Labute approximate surface area is 159 Å². The highest BCUT2D eigenvalue weighted by molar-refractivity contribution is 5.93. The molecule has 0 aliphatic heterocycles. The van der Waals surface area contributed by atoms with Gasteiger partial charge in [0.05, 0.1) is 5.56 Å². The number of nitrogens with one attached hydrogen (secondary N) is 1. The summed E-state index contributed by atoms with van der Waals surface area (Å²) in [4.78, 5) is 26.7. The summed E-state index contributed by atoms with van der Waals surface area (Å²) in [6.45, 7) is 3.32. The summed E-state index contributed by atoms with van der Waals surface area (Å²) in [5.41, 5.74) is 4.01. The van der Waals surface area contributed by atoms with Crippen molar-refractivity contribution in [1.29, 1.82) is 0 Å². The van der Waals surface area contributed by atoms with Gasteiger partial charge < -0.3 is 10.2 Å². The fraction of sp³-hybridized carbons (Fsp3) is 0.238. The second kappa shape index (κ2) is 8.89. The summed E-state index contributed by atoms with van der Waals surface area (Å²) in [7, 11) is 1.79. The summed E-state index contributed by atoms with van der Waals surface area (Å²) in [5.74, 6) is 0.418. The molecule has 0 saturated carbocycles. The monoisotopic (exact) mass is 361 g/mol. The molecule has 2 heterocycles. The van der Waals surface area contributed by atoms with Crippen molar-refractivity contribution in [3.63, 3.8) is 0 Å². The molecule has 0 spiro atoms. The van der Waals surface area contributed by atoms with Crippen LogP contribution in [0.25, 0.3) is 0 Å². The van der Waals surface area contributed by atoms with Crippen LogP contribution in [0.2, 0.25) is 0 Å². The normalized spacial score (nSPS) is 10.4. The highest BCUT2D eigenvalue weighted by Crippen LogP contribution is 2.08. The Morgan fingerprint density at radius 1 is 1.07 bits per heavy atom. The lowest BCUT2D eigenvalue weighted by molar-refractivity contribution is 0.0796. The van der Waals surface area contributed by atoms with Gasteiger partial charge in [-0.05, 0) is 36.6 Å². The molecule has 2 aromatic heterocycles. The minimum Gasteiger partial charge on any atom is -0.350 e. The first kappa shape index (κ1) is 18.5. The van der Waals surface area contributed by atoms with Gasteiger partial charge in [0.15, 0.2) is 0 Å². The lowest BCUT2D eigenvalue weighted by Crippen LogP contribution is -2.29. The fourth-order valence-corrected chi connectivity index (χ4v) is 2.70. The van der Waals surface area contributed by atoms with Crippen LogP contribution in [0.5, 0.6) is 0 Å². The van der Waals surface area contributed by atoms with Crippen LogP contribution in [0.1, 0.15) is 27.0 Å². The van der Waals surface area contributed by atoms with Gasteiger partial charge in [-0.3, -0.25) is 9.78 Å². The minimum absolute atomic E-state index is 0.0886. The van der Waals surface area contributed by atoms with Crippen molar-refractivity contribution in [2.24, 2.45) is 0 Å². The van der Waals surface area contributed by atoms with E-state index in [2.05, 4.69) is 45.4 Å². The second-order valence-electron chi connectivity index (χ2n) is 6.47. The quantitative estimate of drug-likeness (QED) is 0.700. The van der Waals surface area contributed by atoms with Crippen LogP contribution in [0.3, 0.4) is 0 Å². The number of carbonyl (C=O) groups excluding carboxylic acids is 1. The van der Waals surface area contributed by atoms with Gasteiger partial charge in [-0.1, -0.05) is 29.8 Å². The molecular weight excluding hydrogens is 338 g/mol. The van der Waals surface area contributed by atoms with Crippen molar-refractivity contribution in [2.75, 3.05) is 18.9 Å². The summed E-state index contributed by atoms with van der Waals surface area (Å²) < 4.78 is 0. The Morgan fingerprint density at radius 3 is 2.52 bits per heavy atom. The molecule has 6 heteroatoms. The van der Waals surface area contributed by atoms with Crippen LogP contribution in [0.4, 0.5) is 5.95 Å². The number of aryl methyl sites for hydroxylation is 1. The molecular formula is C21H23N5O. The molecule has 6 nitrogen and oxygen atoms in total. The number of hydrogen-bond acceptors (Lipinski definition) is 5. The first-order valence-corrected chi connectivity index (χ1v) is 8.87. The number of amides is 1. The van der Waals surface area contributed by atoms with Crippen LogP contribution >= 0.6 is 0 Å². The number of pyridine rings is 1. The van der Waals surface area contributed by atoms with Gasteiger partial charge in [-0.2, -0.15) is 0 Å². The van der Waals surface area contributed by atoms with Crippen molar-refractivity contribution in [3.8, 4) is 0 Å². The first-order valence-electron chi connectivity index (χ1n) is 8.87. The maximum atomic E-state index is 12.5. The molecule has 0 fully saturated rings. The van der Waals surface area contributed by atoms with Gasteiger partial charge in [0.2, 0.25) is 5.95 Å². The second-order valence-corrected chi connectivity index (χ2v) is 6.47. The van der Waals surface area contributed by atoms with Gasteiger partial charge >= 0.3 is 0 Å². The summed E-state index contributed by atoms with van der Waals surface area (Å²) in [5, 5.41) is 3.18. The molecule has 1 amide bonds. The zero-order chi connectivity index (χ0) is 19.1. The maximum absolute atomic E-state index is 12.5. The zero-order valence-corrected chi connectivity index (χ0v) is 15.6. The SMILES string of the molecule is Cc1cccc(CNc2ncc(C(=O)N(C)CCc3ccncc3)cn2)c1. The third-order valence-corrected chi connectivity index (χ3v) is 4.26. The number of benzene rings is 1. The van der Waals surface area contributed by atoms with E-state index in [-0.39, 0.29) is 5.91 Å². The van der Waals surface area contributed by atoms with Gasteiger partial charge in [0.25, 0.3) is 5.91 Å². The molecule has 27 heavy (non-hydrogen) atoms. The minimum atomic E-state index is -0.0886. The maximum Gasteiger partial charge on any atom is 0.256 e. The van der Waals surface area contributed by atoms with Gasteiger partial charge in [0, 0.05) is 44.9 Å². The van der Waals surface area contributed by atoms with E-state index in [9.17, 15) is 4.79 Å². The number of rotatable bonds is 7. The largest absolute Gasteiger partial charge is 0.350 e. The molecule has 3 rings (SSSR count). The van der Waals surface area contributed by atoms with E-state index in [1.165, 1.54) is 5.56 Å². The Balaban J connectivity index is 1.53. The van der Waals surface area contributed by atoms with E-state index in [1.54, 1.807) is 36.7 Å². The van der Waals surface area contributed by atoms with Gasteiger partial charge in [0.1, 0.15) is 0 Å². The number of hydrogen-bond donors (Lipinski definition) is 1. The van der Waals surface area contributed by atoms with Crippen LogP contribution < -0.4 is 5.32 Å². The third kappa shape index (κ3) is 5.34. The molecule has 0 saturated heterocycles. The standard InChI is InChI=1S/C21H23N5O/c1-16-4-3-5-18(12-16)13-23-21-24-14-19(15-25-21)20(27)26(2)11-8-17-6-9-22-10-7-17/h3-7,9-10,12,14-15H,8,11,13H2,1-2H3,(H,23,24,25).